The van der Waals surface area contributed by atoms with Crippen molar-refractivity contribution in [2.75, 3.05) is 32.7 Å². The maximum atomic E-state index is 11.5. The van der Waals surface area contributed by atoms with Crippen LogP contribution in [0.4, 0.5) is 4.79 Å². The summed E-state index contributed by atoms with van der Waals surface area (Å²) in [4.78, 5) is 24.2. The molecule has 0 aromatic rings. The lowest BCUT2D eigenvalue weighted by Gasteiger charge is -2.14. The molecular weight excluding hydrogens is 246 g/mol. The van der Waals surface area contributed by atoms with E-state index >= 15 is 0 Å². The minimum absolute atomic E-state index is 0.148. The topological polar surface area (TPSA) is 81.7 Å². The molecule has 1 atom stereocenters. The van der Waals surface area contributed by atoms with Crippen LogP contribution in [-0.4, -0.2) is 54.7 Å². The van der Waals surface area contributed by atoms with Crippen LogP contribution in [0.3, 0.4) is 0 Å². The zero-order valence-electron chi connectivity index (χ0n) is 11.7. The van der Waals surface area contributed by atoms with Crippen molar-refractivity contribution in [3.05, 3.63) is 0 Å². The van der Waals surface area contributed by atoms with Gasteiger partial charge in [0.15, 0.2) is 0 Å². The average Bonchev–Trinajstić information content (AvgIpc) is 2.83. The van der Waals surface area contributed by atoms with Gasteiger partial charge in [-0.15, -0.1) is 0 Å². The minimum Gasteiger partial charge on any atom is -0.481 e. The molecule has 0 spiro atoms. The molecule has 0 radical (unpaired) electrons. The quantitative estimate of drug-likeness (QED) is 0.572. The Morgan fingerprint density at radius 2 is 2.11 bits per heavy atom. The van der Waals surface area contributed by atoms with Crippen LogP contribution in [0.15, 0.2) is 0 Å². The van der Waals surface area contributed by atoms with E-state index in [1.807, 2.05) is 0 Å². The Hall–Kier alpha value is -1.30. The van der Waals surface area contributed by atoms with Crippen LogP contribution >= 0.6 is 0 Å². The Labute approximate surface area is 114 Å². The lowest BCUT2D eigenvalue weighted by molar-refractivity contribution is -0.137. The van der Waals surface area contributed by atoms with Crippen LogP contribution in [0.5, 0.6) is 0 Å². The molecular formula is C13H25N3O3. The molecule has 0 aromatic heterocycles. The second kappa shape index (κ2) is 8.74. The molecule has 0 saturated carbocycles. The van der Waals surface area contributed by atoms with Crippen LogP contribution in [0, 0.1) is 5.92 Å². The van der Waals surface area contributed by atoms with E-state index in [-0.39, 0.29) is 12.5 Å². The number of hydrogen-bond acceptors (Lipinski definition) is 3. The van der Waals surface area contributed by atoms with Crippen LogP contribution in [0.1, 0.15) is 32.6 Å². The van der Waals surface area contributed by atoms with Gasteiger partial charge in [0.1, 0.15) is 0 Å². The van der Waals surface area contributed by atoms with Crippen molar-refractivity contribution in [3.8, 4) is 0 Å². The van der Waals surface area contributed by atoms with E-state index in [9.17, 15) is 9.59 Å². The Kier molecular flexibility index (Phi) is 7.25. The fourth-order valence-corrected chi connectivity index (χ4v) is 2.27. The molecule has 1 fully saturated rings. The molecule has 1 rings (SSSR count). The molecule has 1 aliphatic heterocycles. The molecule has 3 N–H and O–H groups in total. The van der Waals surface area contributed by atoms with Gasteiger partial charge in [0, 0.05) is 26.1 Å². The number of likely N-dealkylation sites (tertiary alicyclic amines) is 1. The van der Waals surface area contributed by atoms with E-state index in [2.05, 4.69) is 22.5 Å². The number of aliphatic carboxylic acids is 1. The van der Waals surface area contributed by atoms with Gasteiger partial charge < -0.3 is 20.6 Å². The standard InChI is InChI=1S/C13H25N3O3/c1-2-16-8-6-11(10-16)9-15-13(19)14-7-4-3-5-12(17)18/h11H,2-10H2,1H3,(H,17,18)(H2,14,15,19). The molecule has 0 bridgehead atoms. The van der Waals surface area contributed by atoms with Gasteiger partial charge in [-0.2, -0.15) is 0 Å². The molecule has 2 amide bonds. The van der Waals surface area contributed by atoms with E-state index in [4.69, 9.17) is 5.11 Å². The van der Waals surface area contributed by atoms with Gasteiger partial charge >= 0.3 is 12.0 Å². The van der Waals surface area contributed by atoms with E-state index in [0.717, 1.165) is 32.6 Å². The van der Waals surface area contributed by atoms with Gasteiger partial charge in [-0.05, 0) is 38.3 Å². The molecule has 1 saturated heterocycles. The van der Waals surface area contributed by atoms with Crippen LogP contribution in [0.25, 0.3) is 0 Å². The van der Waals surface area contributed by atoms with Gasteiger partial charge in [0.05, 0.1) is 0 Å². The first kappa shape index (κ1) is 15.8. The summed E-state index contributed by atoms with van der Waals surface area (Å²) < 4.78 is 0. The molecule has 1 aliphatic rings. The summed E-state index contributed by atoms with van der Waals surface area (Å²) in [6.45, 7) is 6.67. The third-order valence-corrected chi connectivity index (χ3v) is 3.47. The third-order valence-electron chi connectivity index (χ3n) is 3.47. The number of rotatable bonds is 8. The zero-order chi connectivity index (χ0) is 14.1. The van der Waals surface area contributed by atoms with Gasteiger partial charge in [0.2, 0.25) is 0 Å². The summed E-state index contributed by atoms with van der Waals surface area (Å²) >= 11 is 0. The number of carbonyl (C=O) groups is 2. The number of nitrogens with one attached hydrogen (secondary N) is 2. The highest BCUT2D eigenvalue weighted by atomic mass is 16.4. The van der Waals surface area contributed by atoms with Crippen molar-refractivity contribution in [1.82, 2.24) is 15.5 Å². The third kappa shape index (κ3) is 7.00. The van der Waals surface area contributed by atoms with Crippen LogP contribution in [-0.2, 0) is 4.79 Å². The number of urea groups is 1. The van der Waals surface area contributed by atoms with Crippen molar-refractivity contribution in [3.63, 3.8) is 0 Å². The summed E-state index contributed by atoms with van der Waals surface area (Å²) in [6.07, 6.45) is 2.61. The smallest absolute Gasteiger partial charge is 0.314 e. The second-order valence-corrected chi connectivity index (χ2v) is 5.04. The molecule has 110 valence electrons. The fraction of sp³-hybridized carbons (Fsp3) is 0.846. The highest BCUT2D eigenvalue weighted by Crippen LogP contribution is 2.14. The first-order valence-corrected chi connectivity index (χ1v) is 7.07. The van der Waals surface area contributed by atoms with Crippen molar-refractivity contribution < 1.29 is 14.7 Å². The molecule has 1 unspecified atom stereocenters. The number of nitrogens with zero attached hydrogens (tertiary/aromatic N) is 1. The summed E-state index contributed by atoms with van der Waals surface area (Å²) in [5.41, 5.74) is 0. The number of carbonyl (C=O) groups excluding carboxylic acids is 1. The van der Waals surface area contributed by atoms with Gasteiger partial charge in [-0.3, -0.25) is 4.79 Å². The Balaban J connectivity index is 1.98. The monoisotopic (exact) mass is 271 g/mol. The predicted octanol–water partition coefficient (Wildman–Crippen LogP) is 0.882. The van der Waals surface area contributed by atoms with Crippen molar-refractivity contribution in [2.45, 2.75) is 32.6 Å². The Morgan fingerprint density at radius 1 is 1.32 bits per heavy atom. The van der Waals surface area contributed by atoms with E-state index < -0.39 is 5.97 Å². The molecule has 6 heteroatoms. The maximum absolute atomic E-state index is 11.5. The average molecular weight is 271 g/mol. The molecule has 19 heavy (non-hydrogen) atoms. The molecule has 0 aromatic carbocycles. The first-order chi connectivity index (χ1) is 9.11. The molecule has 6 nitrogen and oxygen atoms in total. The summed E-state index contributed by atoms with van der Waals surface area (Å²) in [5, 5.41) is 14.1. The van der Waals surface area contributed by atoms with Crippen molar-refractivity contribution in [2.24, 2.45) is 5.92 Å². The SMILES string of the molecule is CCN1CCC(CNC(=O)NCCCCC(=O)O)C1. The lowest BCUT2D eigenvalue weighted by atomic mass is 10.1. The number of carboxylic acids is 1. The van der Waals surface area contributed by atoms with Crippen LogP contribution in [0.2, 0.25) is 0 Å². The summed E-state index contributed by atoms with van der Waals surface area (Å²) in [6, 6.07) is -0.148. The lowest BCUT2D eigenvalue weighted by Crippen LogP contribution is -2.39. The van der Waals surface area contributed by atoms with Gasteiger partial charge in [-0.1, -0.05) is 6.92 Å². The van der Waals surface area contributed by atoms with Crippen molar-refractivity contribution >= 4 is 12.0 Å². The maximum Gasteiger partial charge on any atom is 0.314 e. The normalized spacial score (nSPS) is 19.3. The zero-order valence-corrected chi connectivity index (χ0v) is 11.7. The minimum atomic E-state index is -0.786. The van der Waals surface area contributed by atoms with Gasteiger partial charge in [-0.25, -0.2) is 4.79 Å². The van der Waals surface area contributed by atoms with E-state index in [0.29, 0.717) is 25.3 Å². The van der Waals surface area contributed by atoms with E-state index in [1.54, 1.807) is 0 Å². The highest BCUT2D eigenvalue weighted by molar-refractivity contribution is 5.73. The summed E-state index contributed by atoms with van der Waals surface area (Å²) in [7, 11) is 0. The van der Waals surface area contributed by atoms with Crippen molar-refractivity contribution in [1.29, 1.82) is 0 Å². The molecule has 1 heterocycles. The molecule has 0 aliphatic carbocycles. The van der Waals surface area contributed by atoms with Crippen LogP contribution < -0.4 is 10.6 Å². The van der Waals surface area contributed by atoms with Gasteiger partial charge in [0.25, 0.3) is 0 Å². The Bertz CT molecular complexity index is 297. The number of carboxylic acid groups (broad SMARTS) is 1. The Morgan fingerprint density at radius 3 is 2.74 bits per heavy atom. The second-order valence-electron chi connectivity index (χ2n) is 5.04. The largest absolute Gasteiger partial charge is 0.481 e. The highest BCUT2D eigenvalue weighted by Gasteiger charge is 2.21. The fourth-order valence-electron chi connectivity index (χ4n) is 2.27. The summed E-state index contributed by atoms with van der Waals surface area (Å²) in [5.74, 6) is -0.233. The van der Waals surface area contributed by atoms with E-state index in [1.165, 1.54) is 0 Å². The number of hydrogen-bond donors (Lipinski definition) is 3. The number of unbranched alkanes of at least 4 members (excludes halogenated alkanes) is 1. The first-order valence-electron chi connectivity index (χ1n) is 7.07. The number of amides is 2. The predicted molar refractivity (Wildman–Crippen MR) is 73.1 cm³/mol.